The quantitative estimate of drug-likeness (QED) is 0.453. The first kappa shape index (κ1) is 18.2. The van der Waals surface area contributed by atoms with Crippen LogP contribution in [-0.2, 0) is 5.75 Å². The molecule has 7 nitrogen and oxygen atoms in total. The van der Waals surface area contributed by atoms with Crippen molar-refractivity contribution in [2.45, 2.75) is 24.8 Å². The second-order valence-corrected chi connectivity index (χ2v) is 7.18. The van der Waals surface area contributed by atoms with Gasteiger partial charge in [0.15, 0.2) is 11.0 Å². The van der Waals surface area contributed by atoms with Crippen molar-refractivity contribution in [1.29, 1.82) is 0 Å². The summed E-state index contributed by atoms with van der Waals surface area (Å²) in [6, 6.07) is 15.7. The van der Waals surface area contributed by atoms with Gasteiger partial charge in [-0.2, -0.15) is 4.98 Å². The first-order chi connectivity index (χ1) is 13.6. The number of nitrogens with zero attached hydrogens (tertiary/aromatic N) is 5. The number of aromatic nitrogens is 5. The van der Waals surface area contributed by atoms with E-state index in [9.17, 15) is 0 Å². The monoisotopic (exact) mass is 393 g/mol. The van der Waals surface area contributed by atoms with Gasteiger partial charge in [-0.15, -0.1) is 10.2 Å². The summed E-state index contributed by atoms with van der Waals surface area (Å²) in [5.41, 5.74) is 3.07. The highest BCUT2D eigenvalue weighted by atomic mass is 32.2. The van der Waals surface area contributed by atoms with Crippen LogP contribution in [0.25, 0.3) is 17.1 Å². The Morgan fingerprint density at radius 1 is 1.07 bits per heavy atom. The summed E-state index contributed by atoms with van der Waals surface area (Å²) in [6.07, 6.45) is 0. The van der Waals surface area contributed by atoms with Crippen LogP contribution in [0.4, 0.5) is 0 Å². The third-order valence-corrected chi connectivity index (χ3v) is 5.12. The first-order valence-corrected chi connectivity index (χ1v) is 9.71. The molecule has 8 heteroatoms. The molecule has 0 fully saturated rings. The molecule has 4 rings (SSSR count). The number of rotatable bonds is 6. The van der Waals surface area contributed by atoms with Gasteiger partial charge in [0.1, 0.15) is 11.6 Å². The molecule has 28 heavy (non-hydrogen) atoms. The van der Waals surface area contributed by atoms with Crippen molar-refractivity contribution in [1.82, 2.24) is 24.9 Å². The lowest BCUT2D eigenvalue weighted by Crippen LogP contribution is -1.99. The van der Waals surface area contributed by atoms with Crippen LogP contribution in [0.1, 0.15) is 17.2 Å². The fourth-order valence-electron chi connectivity index (χ4n) is 2.79. The summed E-state index contributed by atoms with van der Waals surface area (Å²) >= 11 is 1.52. The number of benzene rings is 2. The van der Waals surface area contributed by atoms with Crippen LogP contribution in [0, 0.1) is 13.8 Å². The van der Waals surface area contributed by atoms with Gasteiger partial charge in [0, 0.05) is 11.3 Å². The molecule has 0 unspecified atom stereocenters. The Morgan fingerprint density at radius 3 is 2.64 bits per heavy atom. The van der Waals surface area contributed by atoms with Crippen molar-refractivity contribution in [3.05, 3.63) is 65.7 Å². The molecular weight excluding hydrogens is 374 g/mol. The molecule has 0 saturated carbocycles. The van der Waals surface area contributed by atoms with Crippen LogP contribution in [0.2, 0.25) is 0 Å². The van der Waals surface area contributed by atoms with E-state index in [1.165, 1.54) is 17.3 Å². The van der Waals surface area contributed by atoms with Gasteiger partial charge in [0.05, 0.1) is 12.9 Å². The molecule has 0 aliphatic carbocycles. The predicted octanol–water partition coefficient (Wildman–Crippen LogP) is 4.24. The summed E-state index contributed by atoms with van der Waals surface area (Å²) in [6.45, 7) is 4.01. The Bertz CT molecular complexity index is 1090. The molecule has 2 aromatic carbocycles. The maximum Gasteiger partial charge on any atom is 0.257 e. The highest BCUT2D eigenvalue weighted by molar-refractivity contribution is 7.98. The van der Waals surface area contributed by atoms with E-state index in [0.717, 1.165) is 28.0 Å². The van der Waals surface area contributed by atoms with Gasteiger partial charge >= 0.3 is 0 Å². The molecule has 0 radical (unpaired) electrons. The number of aryl methyl sites for hydroxylation is 2. The van der Waals surface area contributed by atoms with Gasteiger partial charge in [-0.3, -0.25) is 4.57 Å². The molecule has 0 N–H and O–H groups in total. The Labute approximate surface area is 166 Å². The van der Waals surface area contributed by atoms with Crippen molar-refractivity contribution in [3.63, 3.8) is 0 Å². The third-order valence-electron chi connectivity index (χ3n) is 4.19. The number of hydrogen-bond acceptors (Lipinski definition) is 7. The Kier molecular flexibility index (Phi) is 5.12. The summed E-state index contributed by atoms with van der Waals surface area (Å²) in [5, 5.41) is 13.4. The highest BCUT2D eigenvalue weighted by Crippen LogP contribution is 2.26. The molecule has 0 aliphatic rings. The molecule has 0 amide bonds. The zero-order valence-corrected chi connectivity index (χ0v) is 16.6. The van der Waals surface area contributed by atoms with Gasteiger partial charge < -0.3 is 9.26 Å². The molecule has 0 spiro atoms. The van der Waals surface area contributed by atoms with E-state index < -0.39 is 0 Å². The van der Waals surface area contributed by atoms with Crippen LogP contribution in [0.3, 0.4) is 0 Å². The maximum absolute atomic E-state index is 5.39. The van der Waals surface area contributed by atoms with Crippen LogP contribution < -0.4 is 4.74 Å². The fourth-order valence-corrected chi connectivity index (χ4v) is 3.63. The van der Waals surface area contributed by atoms with Gasteiger partial charge in [0.2, 0.25) is 0 Å². The van der Waals surface area contributed by atoms with Crippen molar-refractivity contribution < 1.29 is 9.26 Å². The summed E-state index contributed by atoms with van der Waals surface area (Å²) < 4.78 is 12.6. The molecule has 2 heterocycles. The molecule has 4 aromatic rings. The normalized spacial score (nSPS) is 11.0. The van der Waals surface area contributed by atoms with E-state index in [1.54, 1.807) is 7.11 Å². The van der Waals surface area contributed by atoms with Crippen molar-refractivity contribution in [3.8, 4) is 22.9 Å². The van der Waals surface area contributed by atoms with E-state index in [4.69, 9.17) is 9.26 Å². The minimum Gasteiger partial charge on any atom is -0.497 e. The molecule has 0 bridgehead atoms. The van der Waals surface area contributed by atoms with Crippen molar-refractivity contribution in [2.24, 2.45) is 0 Å². The molecule has 0 saturated heterocycles. The average molecular weight is 393 g/mol. The zero-order chi connectivity index (χ0) is 19.5. The number of methoxy groups -OCH3 is 1. The van der Waals surface area contributed by atoms with Gasteiger partial charge in [-0.1, -0.05) is 29.1 Å². The molecular formula is C20H19N5O2S. The van der Waals surface area contributed by atoms with E-state index in [0.29, 0.717) is 17.5 Å². The second-order valence-electron chi connectivity index (χ2n) is 6.24. The minimum absolute atomic E-state index is 0.481. The summed E-state index contributed by atoms with van der Waals surface area (Å²) in [5.74, 6) is 3.23. The lowest BCUT2D eigenvalue weighted by Gasteiger charge is -2.08. The Morgan fingerprint density at radius 2 is 1.89 bits per heavy atom. The zero-order valence-electron chi connectivity index (χ0n) is 15.8. The number of hydrogen-bond donors (Lipinski definition) is 0. The molecule has 142 valence electrons. The second kappa shape index (κ2) is 7.85. The summed E-state index contributed by atoms with van der Waals surface area (Å²) in [7, 11) is 1.63. The van der Waals surface area contributed by atoms with Crippen molar-refractivity contribution >= 4 is 11.8 Å². The smallest absolute Gasteiger partial charge is 0.257 e. The third kappa shape index (κ3) is 3.77. The largest absolute Gasteiger partial charge is 0.497 e. The SMILES string of the molecule is COc1ccc(-c2nc(CSc3nnc(C)n3-c3cccc(C)c3)no2)cc1. The van der Waals surface area contributed by atoms with Gasteiger partial charge in [-0.05, 0) is 55.8 Å². The van der Waals surface area contributed by atoms with Crippen LogP contribution in [0.5, 0.6) is 5.75 Å². The van der Waals surface area contributed by atoms with Gasteiger partial charge in [0.25, 0.3) is 5.89 Å². The molecule has 0 aliphatic heterocycles. The Balaban J connectivity index is 1.51. The first-order valence-electron chi connectivity index (χ1n) is 8.73. The maximum atomic E-state index is 5.39. The van der Waals surface area contributed by atoms with Crippen LogP contribution in [-0.4, -0.2) is 32.0 Å². The Hall–Kier alpha value is -3.13. The average Bonchev–Trinajstić information content (AvgIpc) is 3.33. The van der Waals surface area contributed by atoms with Crippen molar-refractivity contribution in [2.75, 3.05) is 7.11 Å². The van der Waals surface area contributed by atoms with E-state index in [-0.39, 0.29) is 0 Å². The minimum atomic E-state index is 0.481. The van der Waals surface area contributed by atoms with Crippen LogP contribution >= 0.6 is 11.8 Å². The van der Waals surface area contributed by atoms with E-state index in [1.807, 2.05) is 47.9 Å². The standard InChI is InChI=1S/C20H19N5O2S/c1-13-5-4-6-16(11-13)25-14(2)22-23-20(25)28-12-18-21-19(27-24-18)15-7-9-17(26-3)10-8-15/h4-11H,12H2,1-3H3. The topological polar surface area (TPSA) is 78.9 Å². The number of ether oxygens (including phenoxy) is 1. The van der Waals surface area contributed by atoms with Crippen LogP contribution in [0.15, 0.2) is 58.2 Å². The van der Waals surface area contributed by atoms with E-state index in [2.05, 4.69) is 39.4 Å². The molecule has 2 aromatic heterocycles. The van der Waals surface area contributed by atoms with Gasteiger partial charge in [-0.25, -0.2) is 0 Å². The fraction of sp³-hybridized carbons (Fsp3) is 0.200. The lowest BCUT2D eigenvalue weighted by molar-refractivity contribution is 0.414. The number of thioether (sulfide) groups is 1. The lowest BCUT2D eigenvalue weighted by atomic mass is 10.2. The van der Waals surface area contributed by atoms with E-state index >= 15 is 0 Å². The predicted molar refractivity (Wildman–Crippen MR) is 107 cm³/mol. The molecule has 0 atom stereocenters. The highest BCUT2D eigenvalue weighted by Gasteiger charge is 2.14. The summed E-state index contributed by atoms with van der Waals surface area (Å²) in [4.78, 5) is 4.48.